The number of benzene rings is 1. The van der Waals surface area contributed by atoms with Crippen LogP contribution < -0.4 is 5.32 Å². The van der Waals surface area contributed by atoms with Gasteiger partial charge in [0.05, 0.1) is 22.5 Å². The summed E-state index contributed by atoms with van der Waals surface area (Å²) in [6.07, 6.45) is 4.22. The fraction of sp³-hybridized carbons (Fsp3) is 0.542. The molecule has 2 aliphatic heterocycles. The zero-order valence-corrected chi connectivity index (χ0v) is 18.7. The summed E-state index contributed by atoms with van der Waals surface area (Å²) in [5, 5.41) is 17.4. The molecule has 8 heteroatoms. The maximum Gasteiger partial charge on any atom is 0.335 e. The second kappa shape index (κ2) is 9.02. The van der Waals surface area contributed by atoms with Crippen molar-refractivity contribution in [3.05, 3.63) is 51.6 Å². The number of carbonyl (C=O) groups excluding carboxylic acids is 1. The highest BCUT2D eigenvalue weighted by Crippen LogP contribution is 2.37. The third kappa shape index (κ3) is 4.16. The number of ether oxygens (including phenoxy) is 1. The summed E-state index contributed by atoms with van der Waals surface area (Å²) >= 11 is 0. The molecule has 0 radical (unpaired) electrons. The van der Waals surface area contributed by atoms with Crippen molar-refractivity contribution in [3.8, 4) is 0 Å². The van der Waals surface area contributed by atoms with E-state index >= 15 is 0 Å². The number of aromatic nitrogens is 2. The molecule has 7 nitrogen and oxygen atoms in total. The van der Waals surface area contributed by atoms with Crippen molar-refractivity contribution in [1.29, 1.82) is 0 Å². The van der Waals surface area contributed by atoms with E-state index in [4.69, 9.17) is 9.84 Å². The molecule has 1 fully saturated rings. The Morgan fingerprint density at radius 2 is 2.09 bits per heavy atom. The van der Waals surface area contributed by atoms with E-state index in [1.54, 1.807) is 6.92 Å². The Kier molecular flexibility index (Phi) is 6.33. The van der Waals surface area contributed by atoms with Crippen molar-refractivity contribution in [3.63, 3.8) is 0 Å². The van der Waals surface area contributed by atoms with Gasteiger partial charge < -0.3 is 15.2 Å². The minimum atomic E-state index is -1.05. The first kappa shape index (κ1) is 22.5. The van der Waals surface area contributed by atoms with Gasteiger partial charge in [0.2, 0.25) is 0 Å². The minimum Gasteiger partial charge on any atom is -0.478 e. The van der Waals surface area contributed by atoms with Crippen molar-refractivity contribution in [1.82, 2.24) is 15.1 Å². The van der Waals surface area contributed by atoms with Crippen LogP contribution in [0.1, 0.15) is 69.4 Å². The van der Waals surface area contributed by atoms with Crippen LogP contribution in [0, 0.1) is 18.2 Å². The first-order valence-electron chi connectivity index (χ1n) is 11.3. The van der Waals surface area contributed by atoms with E-state index in [-0.39, 0.29) is 16.9 Å². The molecule has 1 spiro atoms. The number of nitrogens with one attached hydrogen (secondary N) is 1. The Hall–Kier alpha value is -2.74. The summed E-state index contributed by atoms with van der Waals surface area (Å²) < 4.78 is 21.6. The fourth-order valence-corrected chi connectivity index (χ4v) is 5.01. The zero-order valence-electron chi connectivity index (χ0n) is 18.7. The van der Waals surface area contributed by atoms with E-state index in [0.29, 0.717) is 62.3 Å². The lowest BCUT2D eigenvalue weighted by atomic mass is 9.76. The van der Waals surface area contributed by atoms with Crippen molar-refractivity contribution >= 4 is 11.9 Å². The van der Waals surface area contributed by atoms with Gasteiger partial charge in [-0.2, -0.15) is 5.10 Å². The van der Waals surface area contributed by atoms with Gasteiger partial charge >= 0.3 is 5.97 Å². The van der Waals surface area contributed by atoms with Crippen LogP contribution in [0.2, 0.25) is 0 Å². The minimum absolute atomic E-state index is 0.0302. The Morgan fingerprint density at radius 1 is 1.34 bits per heavy atom. The number of carboxylic acid groups (broad SMARTS) is 1. The number of carbonyl (C=O) groups is 2. The van der Waals surface area contributed by atoms with Crippen LogP contribution in [0.5, 0.6) is 0 Å². The van der Waals surface area contributed by atoms with Gasteiger partial charge in [-0.05, 0) is 74.1 Å². The average molecular weight is 444 g/mol. The lowest BCUT2D eigenvalue weighted by Gasteiger charge is -2.36. The van der Waals surface area contributed by atoms with Gasteiger partial charge in [-0.1, -0.05) is 6.92 Å². The highest BCUT2D eigenvalue weighted by Gasteiger charge is 2.39. The van der Waals surface area contributed by atoms with E-state index < -0.39 is 11.8 Å². The Balaban J connectivity index is 1.60. The fourth-order valence-electron chi connectivity index (χ4n) is 5.01. The van der Waals surface area contributed by atoms with Crippen LogP contribution >= 0.6 is 0 Å². The Bertz CT molecular complexity index is 1040. The summed E-state index contributed by atoms with van der Waals surface area (Å²) in [6, 6.07) is 2.53. The summed E-state index contributed by atoms with van der Waals surface area (Å²) in [7, 11) is 0. The van der Waals surface area contributed by atoms with E-state index in [1.807, 2.05) is 11.6 Å². The van der Waals surface area contributed by atoms with Gasteiger partial charge in [0.15, 0.2) is 0 Å². The SMILES string of the molecule is CCc1nn(CCCc2c(C(=O)O)ccc(F)c2C)c2c1C(=O)NCC1(CCOCC1)C2. The second-order valence-corrected chi connectivity index (χ2v) is 8.92. The van der Waals surface area contributed by atoms with Crippen LogP contribution in [0.4, 0.5) is 4.39 Å². The summed E-state index contributed by atoms with van der Waals surface area (Å²) in [6.45, 7) is 6.17. The van der Waals surface area contributed by atoms with Crippen LogP contribution in [-0.2, 0) is 30.5 Å². The Morgan fingerprint density at radius 3 is 2.78 bits per heavy atom. The molecule has 1 aromatic heterocycles. The molecular formula is C24H30FN3O4. The van der Waals surface area contributed by atoms with E-state index in [0.717, 1.165) is 30.7 Å². The molecule has 2 aliphatic rings. The molecule has 0 aliphatic carbocycles. The summed E-state index contributed by atoms with van der Waals surface area (Å²) in [5.41, 5.74) is 3.42. The number of aryl methyl sites for hydroxylation is 2. The normalized spacial score (nSPS) is 17.7. The number of aromatic carboxylic acids is 1. The number of amides is 1. The number of hydrogen-bond donors (Lipinski definition) is 2. The molecule has 4 rings (SSSR count). The van der Waals surface area contributed by atoms with Gasteiger partial charge in [0, 0.05) is 26.3 Å². The number of hydrogen-bond acceptors (Lipinski definition) is 4. The van der Waals surface area contributed by atoms with Crippen molar-refractivity contribution in [2.75, 3.05) is 19.8 Å². The molecule has 1 amide bonds. The highest BCUT2D eigenvalue weighted by atomic mass is 19.1. The van der Waals surface area contributed by atoms with Gasteiger partial charge in [0.25, 0.3) is 5.91 Å². The van der Waals surface area contributed by atoms with Crippen LogP contribution in [0.15, 0.2) is 12.1 Å². The molecule has 3 heterocycles. The largest absolute Gasteiger partial charge is 0.478 e. The molecule has 2 aromatic rings. The van der Waals surface area contributed by atoms with Gasteiger partial charge in [-0.25, -0.2) is 9.18 Å². The molecule has 0 atom stereocenters. The third-order valence-electron chi connectivity index (χ3n) is 6.97. The van der Waals surface area contributed by atoms with Crippen LogP contribution in [0.3, 0.4) is 0 Å². The molecule has 0 bridgehead atoms. The van der Waals surface area contributed by atoms with Crippen molar-refractivity contribution in [2.24, 2.45) is 5.41 Å². The van der Waals surface area contributed by atoms with Gasteiger partial charge in [-0.3, -0.25) is 9.48 Å². The lowest BCUT2D eigenvalue weighted by molar-refractivity contribution is 0.0152. The van der Waals surface area contributed by atoms with E-state index in [9.17, 15) is 19.1 Å². The van der Waals surface area contributed by atoms with Crippen molar-refractivity contribution in [2.45, 2.75) is 58.9 Å². The van der Waals surface area contributed by atoms with Gasteiger partial charge in [0.1, 0.15) is 5.82 Å². The number of carboxylic acids is 1. The number of nitrogens with zero attached hydrogens (tertiary/aromatic N) is 2. The summed E-state index contributed by atoms with van der Waals surface area (Å²) in [4.78, 5) is 24.5. The molecular weight excluding hydrogens is 413 g/mol. The lowest BCUT2D eigenvalue weighted by Crippen LogP contribution is -2.40. The molecule has 1 aromatic carbocycles. The molecule has 1 saturated heterocycles. The van der Waals surface area contributed by atoms with Crippen molar-refractivity contribution < 1.29 is 23.8 Å². The maximum absolute atomic E-state index is 14.1. The zero-order chi connectivity index (χ0) is 22.9. The standard InChI is InChI=1S/C24H30FN3O4/c1-3-19-21-20(13-24(14-26-22(21)29)8-11-32-12-9-24)28(27-19)10-4-5-16-15(2)18(25)7-6-17(16)23(30)31/h6-7H,3-5,8-14H2,1-2H3,(H,26,29)(H,30,31). The van der Waals surface area contributed by atoms with Gasteiger partial charge in [-0.15, -0.1) is 0 Å². The Labute approximate surface area is 187 Å². The molecule has 2 N–H and O–H groups in total. The maximum atomic E-state index is 14.1. The number of fused-ring (bicyclic) bond motifs is 1. The summed E-state index contributed by atoms with van der Waals surface area (Å²) in [5.74, 6) is -1.52. The second-order valence-electron chi connectivity index (χ2n) is 8.92. The molecule has 0 saturated carbocycles. The highest BCUT2D eigenvalue weighted by molar-refractivity contribution is 5.97. The smallest absolute Gasteiger partial charge is 0.335 e. The molecule has 32 heavy (non-hydrogen) atoms. The first-order chi connectivity index (χ1) is 15.3. The number of rotatable bonds is 6. The average Bonchev–Trinajstić information content (AvgIpc) is 3.05. The number of halogens is 1. The predicted octanol–water partition coefficient (Wildman–Crippen LogP) is 3.31. The predicted molar refractivity (Wildman–Crippen MR) is 117 cm³/mol. The quantitative estimate of drug-likeness (QED) is 0.715. The molecule has 0 unspecified atom stereocenters. The van der Waals surface area contributed by atoms with Crippen LogP contribution in [0.25, 0.3) is 0 Å². The van der Waals surface area contributed by atoms with E-state index in [2.05, 4.69) is 5.32 Å². The monoisotopic (exact) mass is 443 g/mol. The van der Waals surface area contributed by atoms with Crippen LogP contribution in [-0.4, -0.2) is 46.5 Å². The van der Waals surface area contributed by atoms with E-state index in [1.165, 1.54) is 12.1 Å². The first-order valence-corrected chi connectivity index (χ1v) is 11.3. The third-order valence-corrected chi connectivity index (χ3v) is 6.97. The topological polar surface area (TPSA) is 93.5 Å². The molecule has 172 valence electrons.